The summed E-state index contributed by atoms with van der Waals surface area (Å²) in [5.41, 5.74) is 3.23. The largest absolute Gasteiger partial charge is 0.454 e. The van der Waals surface area contributed by atoms with Crippen molar-refractivity contribution in [2.45, 2.75) is 20.4 Å². The van der Waals surface area contributed by atoms with Crippen LogP contribution in [0.15, 0.2) is 58.5 Å². The molecule has 5 rings (SSSR count). The third kappa shape index (κ3) is 2.86. The molecule has 0 spiro atoms. The van der Waals surface area contributed by atoms with E-state index < -0.39 is 11.6 Å². The third-order valence-corrected chi connectivity index (χ3v) is 5.59. The van der Waals surface area contributed by atoms with E-state index in [1.165, 1.54) is 18.2 Å². The number of aromatic nitrogens is 1. The second-order valence-corrected chi connectivity index (χ2v) is 7.54. The fourth-order valence-corrected chi connectivity index (χ4v) is 4.11. The quantitative estimate of drug-likeness (QED) is 0.305. The van der Waals surface area contributed by atoms with E-state index in [-0.39, 0.29) is 28.5 Å². The number of nitrogens with zero attached hydrogens (tertiary/aromatic N) is 1. The maximum Gasteiger partial charge on any atom is 0.197 e. The smallest absolute Gasteiger partial charge is 0.197 e. The molecular formula is C25H17F2NO3. The van der Waals surface area contributed by atoms with Gasteiger partial charge in [-0.15, -0.1) is 0 Å². The predicted octanol–water partition coefficient (Wildman–Crippen LogP) is 5.97. The zero-order chi connectivity index (χ0) is 21.9. The summed E-state index contributed by atoms with van der Waals surface area (Å²) < 4.78 is 35.9. The molecule has 0 bridgehead atoms. The van der Waals surface area contributed by atoms with Crippen LogP contribution in [0.25, 0.3) is 28.5 Å². The second-order valence-electron chi connectivity index (χ2n) is 7.54. The van der Waals surface area contributed by atoms with Crippen LogP contribution in [-0.4, -0.2) is 16.1 Å². The van der Waals surface area contributed by atoms with Crippen molar-refractivity contribution in [1.82, 2.24) is 4.57 Å². The van der Waals surface area contributed by atoms with Crippen molar-refractivity contribution in [3.05, 3.63) is 88.1 Å². The molecule has 0 atom stereocenters. The molecule has 0 saturated carbocycles. The zero-order valence-electron chi connectivity index (χ0n) is 16.8. The lowest BCUT2D eigenvalue weighted by Crippen LogP contribution is -2.03. The Morgan fingerprint density at radius 3 is 2.39 bits per heavy atom. The summed E-state index contributed by atoms with van der Waals surface area (Å²) in [7, 11) is 0. The van der Waals surface area contributed by atoms with Crippen molar-refractivity contribution >= 4 is 28.7 Å². The third-order valence-electron chi connectivity index (χ3n) is 5.59. The van der Waals surface area contributed by atoms with E-state index in [1.807, 2.05) is 18.4 Å². The minimum absolute atomic E-state index is 0.0814. The Bertz CT molecular complexity index is 1420. The minimum Gasteiger partial charge on any atom is -0.454 e. The van der Waals surface area contributed by atoms with Crippen LogP contribution in [-0.2, 0) is 6.54 Å². The van der Waals surface area contributed by atoms with Gasteiger partial charge < -0.3 is 8.98 Å². The Hall–Kier alpha value is -3.80. The number of fused-ring (bicyclic) bond motifs is 2. The van der Waals surface area contributed by atoms with Crippen molar-refractivity contribution in [1.29, 1.82) is 0 Å². The number of rotatable bonds is 3. The van der Waals surface area contributed by atoms with E-state index in [4.69, 9.17) is 4.42 Å². The molecule has 0 unspecified atom stereocenters. The Morgan fingerprint density at radius 2 is 1.68 bits per heavy atom. The SMILES string of the molecule is CCn1c(/C=C2/C(=O)c3ccc(C)cc3C2=O)cc2oc(-c3c(F)cccc3F)cc21. The number of carbonyl (C=O) groups excluding carboxylic acids is 2. The minimum atomic E-state index is -0.711. The molecule has 31 heavy (non-hydrogen) atoms. The molecule has 0 saturated heterocycles. The fraction of sp³-hybridized carbons (Fsp3) is 0.120. The Labute approximate surface area is 176 Å². The fourth-order valence-electron chi connectivity index (χ4n) is 4.11. The number of carbonyl (C=O) groups is 2. The molecule has 0 fully saturated rings. The van der Waals surface area contributed by atoms with Gasteiger partial charge in [-0.25, -0.2) is 8.78 Å². The predicted molar refractivity (Wildman–Crippen MR) is 113 cm³/mol. The molecule has 0 aliphatic heterocycles. The summed E-state index contributed by atoms with van der Waals surface area (Å²) in [6.07, 6.45) is 1.56. The van der Waals surface area contributed by atoms with Gasteiger partial charge in [-0.1, -0.05) is 23.8 Å². The van der Waals surface area contributed by atoms with E-state index in [9.17, 15) is 18.4 Å². The van der Waals surface area contributed by atoms with Crippen molar-refractivity contribution in [2.75, 3.05) is 0 Å². The van der Waals surface area contributed by atoms with Gasteiger partial charge in [0.15, 0.2) is 17.1 Å². The molecule has 0 amide bonds. The number of benzene rings is 2. The highest BCUT2D eigenvalue weighted by Crippen LogP contribution is 2.35. The maximum absolute atomic E-state index is 14.2. The van der Waals surface area contributed by atoms with Crippen LogP contribution in [0.3, 0.4) is 0 Å². The highest BCUT2D eigenvalue weighted by atomic mass is 19.1. The lowest BCUT2D eigenvalue weighted by molar-refractivity contribution is 0.0990. The van der Waals surface area contributed by atoms with E-state index >= 15 is 0 Å². The summed E-state index contributed by atoms with van der Waals surface area (Å²) >= 11 is 0. The number of furan rings is 1. The lowest BCUT2D eigenvalue weighted by atomic mass is 10.1. The molecule has 0 N–H and O–H groups in total. The molecule has 1 aliphatic carbocycles. The number of ketones is 2. The monoisotopic (exact) mass is 417 g/mol. The first-order valence-electron chi connectivity index (χ1n) is 9.88. The molecule has 1 aliphatic rings. The first-order valence-corrected chi connectivity index (χ1v) is 9.88. The van der Waals surface area contributed by atoms with Crippen molar-refractivity contribution in [2.24, 2.45) is 0 Å². The van der Waals surface area contributed by atoms with Gasteiger partial charge >= 0.3 is 0 Å². The zero-order valence-corrected chi connectivity index (χ0v) is 16.8. The van der Waals surface area contributed by atoms with E-state index in [0.717, 1.165) is 5.56 Å². The number of hydrogen-bond donors (Lipinski definition) is 0. The summed E-state index contributed by atoms with van der Waals surface area (Å²) in [5.74, 6) is -1.96. The van der Waals surface area contributed by atoms with Crippen LogP contribution in [0.2, 0.25) is 0 Å². The molecule has 2 aromatic heterocycles. The number of allylic oxidation sites excluding steroid dienone is 1. The second kappa shape index (κ2) is 6.87. The number of aryl methyl sites for hydroxylation is 2. The Kier molecular flexibility index (Phi) is 4.25. The number of halogens is 2. The van der Waals surface area contributed by atoms with Crippen LogP contribution in [0, 0.1) is 18.6 Å². The van der Waals surface area contributed by atoms with Crippen LogP contribution in [0.4, 0.5) is 8.78 Å². The molecule has 154 valence electrons. The van der Waals surface area contributed by atoms with E-state index in [1.54, 1.807) is 36.4 Å². The van der Waals surface area contributed by atoms with Gasteiger partial charge in [0.1, 0.15) is 17.4 Å². The van der Waals surface area contributed by atoms with Gasteiger partial charge in [0, 0.05) is 35.5 Å². The average molecular weight is 417 g/mol. The van der Waals surface area contributed by atoms with Gasteiger partial charge in [-0.05, 0) is 38.1 Å². The number of Topliss-reactive ketones (excluding diaryl/α,β-unsaturated/α-hetero) is 2. The summed E-state index contributed by atoms with van der Waals surface area (Å²) in [6, 6.07) is 12.1. The van der Waals surface area contributed by atoms with Gasteiger partial charge in [-0.2, -0.15) is 0 Å². The lowest BCUT2D eigenvalue weighted by Gasteiger charge is -2.04. The van der Waals surface area contributed by atoms with Crippen molar-refractivity contribution in [3.8, 4) is 11.3 Å². The topological polar surface area (TPSA) is 52.2 Å². The molecule has 4 nitrogen and oxygen atoms in total. The molecule has 2 aromatic carbocycles. The van der Waals surface area contributed by atoms with Gasteiger partial charge in [0.2, 0.25) is 0 Å². The molecule has 0 radical (unpaired) electrons. The van der Waals surface area contributed by atoms with Crippen molar-refractivity contribution in [3.63, 3.8) is 0 Å². The first kappa shape index (κ1) is 19.2. The van der Waals surface area contributed by atoms with Gasteiger partial charge in [0.05, 0.1) is 16.7 Å². The summed E-state index contributed by atoms with van der Waals surface area (Å²) in [6.45, 7) is 4.27. The van der Waals surface area contributed by atoms with Gasteiger partial charge in [0.25, 0.3) is 0 Å². The number of hydrogen-bond acceptors (Lipinski definition) is 3. The summed E-state index contributed by atoms with van der Waals surface area (Å²) in [4.78, 5) is 25.6. The van der Waals surface area contributed by atoms with Crippen LogP contribution in [0.1, 0.15) is 38.9 Å². The van der Waals surface area contributed by atoms with E-state index in [2.05, 4.69) is 0 Å². The van der Waals surface area contributed by atoms with Crippen LogP contribution in [0.5, 0.6) is 0 Å². The van der Waals surface area contributed by atoms with Crippen LogP contribution < -0.4 is 0 Å². The first-order chi connectivity index (χ1) is 14.9. The highest BCUT2D eigenvalue weighted by Gasteiger charge is 2.33. The standard InChI is InChI=1S/C25H17F2NO3/c1-3-28-14(10-17-24(29)15-8-7-13(2)9-16(15)25(17)30)11-21-20(28)12-22(31-21)23-18(26)5-4-6-19(23)27/h4-12H,3H2,1-2H3/b17-10-. The molecule has 6 heteroatoms. The van der Waals surface area contributed by atoms with E-state index in [0.29, 0.717) is 34.5 Å². The highest BCUT2D eigenvalue weighted by molar-refractivity contribution is 6.41. The van der Waals surface area contributed by atoms with Crippen molar-refractivity contribution < 1.29 is 22.8 Å². The molecule has 2 heterocycles. The van der Waals surface area contributed by atoms with Gasteiger partial charge in [-0.3, -0.25) is 9.59 Å². The Balaban J connectivity index is 1.62. The normalized spacial score (nSPS) is 14.8. The summed E-state index contributed by atoms with van der Waals surface area (Å²) in [5, 5.41) is 0. The maximum atomic E-state index is 14.2. The van der Waals surface area contributed by atoms with Crippen LogP contribution >= 0.6 is 0 Å². The molecular weight excluding hydrogens is 400 g/mol. The molecule has 4 aromatic rings. The Morgan fingerprint density at radius 1 is 0.968 bits per heavy atom. The average Bonchev–Trinajstić information content (AvgIpc) is 3.34.